The summed E-state index contributed by atoms with van der Waals surface area (Å²) in [6, 6.07) is 12.4. The lowest BCUT2D eigenvalue weighted by molar-refractivity contribution is 0.0655. The monoisotopic (exact) mass is 549 g/mol. The number of amides is 2. The maximum Gasteiger partial charge on any atom is 0.336 e. The van der Waals surface area contributed by atoms with Crippen LogP contribution in [0.25, 0.3) is 11.1 Å². The number of anilines is 1. The Balaban J connectivity index is 2.01. The molecular formula is C28H31N5O7. The topological polar surface area (TPSA) is 208 Å². The molecule has 0 bridgehead atoms. The molecule has 0 radical (unpaired) electrons. The molecule has 0 aliphatic heterocycles. The minimum absolute atomic E-state index is 0.00590. The lowest BCUT2D eigenvalue weighted by atomic mass is 9.85. The molecule has 12 heteroatoms. The van der Waals surface area contributed by atoms with Crippen molar-refractivity contribution in [2.75, 3.05) is 25.6 Å². The minimum Gasteiger partial charge on any atom is -0.481 e. The molecular weight excluding hydrogens is 518 g/mol. The number of nitrogens with zero attached hydrogens (tertiary/aromatic N) is 1. The number of nitrogen functional groups attached to an aromatic ring is 1. The fraction of sp³-hybridized carbons (Fsp3) is 0.250. The highest BCUT2D eigenvalue weighted by atomic mass is 16.5. The van der Waals surface area contributed by atoms with Crippen LogP contribution in [0.3, 0.4) is 0 Å². The van der Waals surface area contributed by atoms with Crippen LogP contribution in [-0.4, -0.2) is 70.3 Å². The number of nitrogens with one attached hydrogen (secondary N) is 3. The number of hydrogen-bond acceptors (Lipinski definition) is 8. The lowest BCUT2D eigenvalue weighted by Gasteiger charge is -2.31. The van der Waals surface area contributed by atoms with E-state index in [9.17, 15) is 29.7 Å². The van der Waals surface area contributed by atoms with E-state index in [1.54, 1.807) is 38.1 Å². The molecule has 0 saturated carbocycles. The molecule has 40 heavy (non-hydrogen) atoms. The zero-order valence-electron chi connectivity index (χ0n) is 22.2. The summed E-state index contributed by atoms with van der Waals surface area (Å²) in [6.07, 6.45) is 0. The molecule has 2 amide bonds. The van der Waals surface area contributed by atoms with Crippen LogP contribution in [0.15, 0.2) is 54.6 Å². The predicted molar refractivity (Wildman–Crippen MR) is 148 cm³/mol. The second kappa shape index (κ2) is 12.4. The third kappa shape index (κ3) is 6.60. The maximum absolute atomic E-state index is 13.3. The fourth-order valence-corrected chi connectivity index (χ4v) is 3.81. The van der Waals surface area contributed by atoms with Crippen LogP contribution < -0.4 is 21.1 Å². The summed E-state index contributed by atoms with van der Waals surface area (Å²) in [5, 5.41) is 42.1. The molecule has 1 heterocycles. The average Bonchev–Trinajstić information content (AvgIpc) is 2.95. The highest BCUT2D eigenvalue weighted by Crippen LogP contribution is 2.30. The SMILES string of the molecule is COc1ccc(-c2ccc(C(=O)N[C@H](CO)C(C)(C)CO)cc2C(=O)O)c(C(=O)Nc2ccc(C(=N)N)cc2)n1. The van der Waals surface area contributed by atoms with E-state index in [2.05, 4.69) is 15.6 Å². The second-order valence-electron chi connectivity index (χ2n) is 9.62. The number of carbonyl (C=O) groups is 3. The number of rotatable bonds is 11. The number of ether oxygens (including phenoxy) is 1. The van der Waals surface area contributed by atoms with Gasteiger partial charge in [-0.3, -0.25) is 15.0 Å². The van der Waals surface area contributed by atoms with Crippen LogP contribution in [0.1, 0.15) is 50.6 Å². The van der Waals surface area contributed by atoms with Crippen molar-refractivity contribution in [3.63, 3.8) is 0 Å². The molecule has 1 atom stereocenters. The van der Waals surface area contributed by atoms with Gasteiger partial charge in [0.25, 0.3) is 11.8 Å². The number of nitrogens with two attached hydrogens (primary N) is 1. The summed E-state index contributed by atoms with van der Waals surface area (Å²) in [7, 11) is 1.37. The Bertz CT molecular complexity index is 1440. The van der Waals surface area contributed by atoms with Crippen molar-refractivity contribution >= 4 is 29.3 Å². The van der Waals surface area contributed by atoms with E-state index in [4.69, 9.17) is 15.9 Å². The largest absolute Gasteiger partial charge is 0.481 e. The summed E-state index contributed by atoms with van der Waals surface area (Å²) in [5.74, 6) is -2.65. The van der Waals surface area contributed by atoms with E-state index in [0.717, 1.165) is 0 Å². The molecule has 0 saturated heterocycles. The van der Waals surface area contributed by atoms with Crippen molar-refractivity contribution in [3.05, 3.63) is 77.0 Å². The molecule has 0 aliphatic rings. The van der Waals surface area contributed by atoms with Gasteiger partial charge in [0.15, 0.2) is 0 Å². The van der Waals surface area contributed by atoms with E-state index in [0.29, 0.717) is 11.3 Å². The van der Waals surface area contributed by atoms with Crippen molar-refractivity contribution in [1.82, 2.24) is 10.3 Å². The van der Waals surface area contributed by atoms with Crippen molar-refractivity contribution < 1.29 is 34.4 Å². The standard InChI is InChI=1S/C28H31N5O7/c1-28(2,14-35)21(13-34)32-25(36)16-6-9-18(20(12-16)27(38)39)19-10-11-22(40-3)33-23(19)26(37)31-17-7-4-15(5-8-17)24(29)30/h4-12,21,34-35H,13-14H2,1-3H3,(H3,29,30)(H,31,37)(H,32,36)(H,38,39)/t21-/m1/s1. The van der Waals surface area contributed by atoms with Crippen LogP contribution in [0.2, 0.25) is 0 Å². The van der Waals surface area contributed by atoms with Gasteiger partial charge in [0.1, 0.15) is 11.5 Å². The van der Waals surface area contributed by atoms with E-state index < -0.39 is 35.8 Å². The van der Waals surface area contributed by atoms with E-state index in [1.165, 1.54) is 37.4 Å². The Labute approximate surface area is 230 Å². The fourth-order valence-electron chi connectivity index (χ4n) is 3.81. The first-order valence-electron chi connectivity index (χ1n) is 12.1. The van der Waals surface area contributed by atoms with E-state index >= 15 is 0 Å². The summed E-state index contributed by atoms with van der Waals surface area (Å²) in [4.78, 5) is 42.7. The Hall–Kier alpha value is -4.81. The number of methoxy groups -OCH3 is 1. The lowest BCUT2D eigenvalue weighted by Crippen LogP contribution is -2.49. The van der Waals surface area contributed by atoms with Crippen LogP contribution in [0.4, 0.5) is 5.69 Å². The van der Waals surface area contributed by atoms with Gasteiger partial charge in [-0.2, -0.15) is 0 Å². The smallest absolute Gasteiger partial charge is 0.336 e. The second-order valence-corrected chi connectivity index (χ2v) is 9.62. The molecule has 0 unspecified atom stereocenters. The number of hydrogen-bond donors (Lipinski definition) is 7. The molecule has 210 valence electrons. The van der Waals surface area contributed by atoms with E-state index in [1.807, 2.05) is 0 Å². The summed E-state index contributed by atoms with van der Waals surface area (Å²) >= 11 is 0. The van der Waals surface area contributed by atoms with E-state index in [-0.39, 0.29) is 46.3 Å². The number of carboxylic acid groups (broad SMARTS) is 1. The highest BCUT2D eigenvalue weighted by Gasteiger charge is 2.30. The van der Waals surface area contributed by atoms with Gasteiger partial charge in [-0.1, -0.05) is 19.9 Å². The highest BCUT2D eigenvalue weighted by molar-refractivity contribution is 6.10. The van der Waals surface area contributed by atoms with Crippen molar-refractivity contribution in [3.8, 4) is 17.0 Å². The van der Waals surface area contributed by atoms with Gasteiger partial charge in [0.2, 0.25) is 5.88 Å². The van der Waals surface area contributed by atoms with Crippen LogP contribution in [0.5, 0.6) is 5.88 Å². The number of aromatic carboxylic acids is 1. The van der Waals surface area contributed by atoms with Crippen LogP contribution in [-0.2, 0) is 0 Å². The number of pyridine rings is 1. The maximum atomic E-state index is 13.3. The Kier molecular flexibility index (Phi) is 9.19. The molecule has 3 rings (SSSR count). The Morgan fingerprint density at radius 1 is 1.00 bits per heavy atom. The number of aromatic nitrogens is 1. The summed E-state index contributed by atoms with van der Waals surface area (Å²) in [5.41, 5.74) is 5.43. The number of benzene rings is 2. The number of aliphatic hydroxyl groups excluding tert-OH is 2. The first kappa shape index (κ1) is 29.7. The van der Waals surface area contributed by atoms with Gasteiger partial charge in [-0.15, -0.1) is 0 Å². The number of aliphatic hydroxyl groups is 2. The third-order valence-electron chi connectivity index (χ3n) is 6.39. The Morgan fingerprint density at radius 3 is 2.17 bits per heavy atom. The third-order valence-corrected chi connectivity index (χ3v) is 6.39. The van der Waals surface area contributed by atoms with Gasteiger partial charge in [0.05, 0.1) is 31.9 Å². The molecule has 0 fully saturated rings. The van der Waals surface area contributed by atoms with Gasteiger partial charge in [-0.05, 0) is 48.0 Å². The van der Waals surface area contributed by atoms with Crippen molar-refractivity contribution in [2.45, 2.75) is 19.9 Å². The summed E-state index contributed by atoms with van der Waals surface area (Å²) in [6.45, 7) is 2.60. The summed E-state index contributed by atoms with van der Waals surface area (Å²) < 4.78 is 5.16. The molecule has 12 nitrogen and oxygen atoms in total. The zero-order valence-corrected chi connectivity index (χ0v) is 22.2. The number of carbonyl (C=O) groups excluding carboxylic acids is 2. The van der Waals surface area contributed by atoms with Gasteiger partial charge in [-0.25, -0.2) is 9.78 Å². The minimum atomic E-state index is -1.35. The Morgan fingerprint density at radius 2 is 1.62 bits per heavy atom. The average molecular weight is 550 g/mol. The normalized spacial score (nSPS) is 11.8. The molecule has 1 aromatic heterocycles. The predicted octanol–water partition coefficient (Wildman–Crippen LogP) is 2.10. The molecule has 8 N–H and O–H groups in total. The van der Waals surface area contributed by atoms with Crippen LogP contribution >= 0.6 is 0 Å². The van der Waals surface area contributed by atoms with Crippen molar-refractivity contribution in [1.29, 1.82) is 5.41 Å². The molecule has 0 aliphatic carbocycles. The first-order chi connectivity index (χ1) is 18.9. The first-order valence-corrected chi connectivity index (χ1v) is 12.1. The number of carboxylic acids is 1. The quantitative estimate of drug-likeness (QED) is 0.138. The van der Waals surface area contributed by atoms with Crippen molar-refractivity contribution in [2.24, 2.45) is 11.1 Å². The van der Waals surface area contributed by atoms with Crippen LogP contribution in [0, 0.1) is 10.8 Å². The number of amidine groups is 1. The molecule has 2 aromatic carbocycles. The van der Waals surface area contributed by atoms with Gasteiger partial charge >= 0.3 is 5.97 Å². The zero-order chi connectivity index (χ0) is 29.6. The molecule has 3 aromatic rings. The van der Waals surface area contributed by atoms with Gasteiger partial charge < -0.3 is 36.4 Å². The molecule has 0 spiro atoms. The van der Waals surface area contributed by atoms with Gasteiger partial charge in [0, 0.05) is 33.9 Å².